The standard InChI is InChI=1S/C22H32N2O4/c1-4-18-7-9-19(10-8-18)16(2)14-21(26)23-12-5-6-20(11-13-23)24(17(3)25)15-22(27)28/h7-10,16,20H,4-6,11-15H2,1-3H3,(H,27,28). The molecule has 1 aromatic carbocycles. The number of carboxylic acids is 1. The maximum atomic E-state index is 12.8. The predicted octanol–water partition coefficient (Wildman–Crippen LogP) is 3.06. The van der Waals surface area contributed by atoms with E-state index in [0.29, 0.717) is 25.9 Å². The van der Waals surface area contributed by atoms with Gasteiger partial charge in [-0.3, -0.25) is 14.4 Å². The Morgan fingerprint density at radius 1 is 1.18 bits per heavy atom. The molecule has 2 amide bonds. The van der Waals surface area contributed by atoms with Gasteiger partial charge >= 0.3 is 5.97 Å². The number of amides is 2. The van der Waals surface area contributed by atoms with Crippen LogP contribution in [0.3, 0.4) is 0 Å². The van der Waals surface area contributed by atoms with Crippen molar-refractivity contribution < 1.29 is 19.5 Å². The number of carbonyl (C=O) groups is 3. The van der Waals surface area contributed by atoms with Crippen LogP contribution >= 0.6 is 0 Å². The fraction of sp³-hybridized carbons (Fsp3) is 0.591. The number of carbonyl (C=O) groups excluding carboxylic acids is 2. The molecule has 0 aliphatic carbocycles. The third kappa shape index (κ3) is 6.08. The molecule has 154 valence electrons. The molecule has 6 heteroatoms. The van der Waals surface area contributed by atoms with Gasteiger partial charge in [0.05, 0.1) is 0 Å². The van der Waals surface area contributed by atoms with Gasteiger partial charge in [0.1, 0.15) is 6.54 Å². The molecule has 0 saturated carbocycles. The van der Waals surface area contributed by atoms with Crippen LogP contribution in [-0.2, 0) is 20.8 Å². The van der Waals surface area contributed by atoms with Crippen molar-refractivity contribution >= 4 is 17.8 Å². The zero-order valence-electron chi connectivity index (χ0n) is 17.2. The lowest BCUT2D eigenvalue weighted by Crippen LogP contribution is -2.43. The predicted molar refractivity (Wildman–Crippen MR) is 108 cm³/mol. The minimum Gasteiger partial charge on any atom is -0.480 e. The highest BCUT2D eigenvalue weighted by molar-refractivity contribution is 5.80. The first-order chi connectivity index (χ1) is 13.3. The van der Waals surface area contributed by atoms with Crippen molar-refractivity contribution in [2.24, 2.45) is 0 Å². The SMILES string of the molecule is CCc1ccc(C(C)CC(=O)N2CCCC(N(CC(=O)O)C(C)=O)CC2)cc1. The van der Waals surface area contributed by atoms with Crippen molar-refractivity contribution in [1.29, 1.82) is 0 Å². The molecule has 0 aromatic heterocycles. The number of aryl methyl sites for hydroxylation is 1. The largest absolute Gasteiger partial charge is 0.480 e. The number of likely N-dealkylation sites (tertiary alicyclic amines) is 1. The molecule has 2 atom stereocenters. The first-order valence-electron chi connectivity index (χ1n) is 10.2. The van der Waals surface area contributed by atoms with Crippen molar-refractivity contribution in [1.82, 2.24) is 9.80 Å². The topological polar surface area (TPSA) is 77.9 Å². The summed E-state index contributed by atoms with van der Waals surface area (Å²) < 4.78 is 0. The molecule has 6 nitrogen and oxygen atoms in total. The molecule has 1 heterocycles. The molecule has 1 aliphatic heterocycles. The van der Waals surface area contributed by atoms with Gasteiger partial charge in [0.25, 0.3) is 0 Å². The van der Waals surface area contributed by atoms with E-state index in [0.717, 1.165) is 19.3 Å². The summed E-state index contributed by atoms with van der Waals surface area (Å²) in [5.41, 5.74) is 2.46. The van der Waals surface area contributed by atoms with Crippen LogP contribution in [-0.4, -0.2) is 58.4 Å². The zero-order chi connectivity index (χ0) is 20.7. The van der Waals surface area contributed by atoms with Gasteiger partial charge in [-0.15, -0.1) is 0 Å². The van der Waals surface area contributed by atoms with Crippen molar-refractivity contribution in [2.45, 2.75) is 64.8 Å². The van der Waals surface area contributed by atoms with Crippen molar-refractivity contribution in [2.75, 3.05) is 19.6 Å². The Morgan fingerprint density at radius 2 is 1.86 bits per heavy atom. The Bertz CT molecular complexity index is 686. The molecule has 1 saturated heterocycles. The maximum Gasteiger partial charge on any atom is 0.323 e. The normalized spacial score (nSPS) is 18.2. The van der Waals surface area contributed by atoms with E-state index in [1.807, 2.05) is 4.90 Å². The molecule has 0 spiro atoms. The van der Waals surface area contributed by atoms with Crippen molar-refractivity contribution in [3.63, 3.8) is 0 Å². The first kappa shape index (κ1) is 21.9. The molecule has 2 unspecified atom stereocenters. The minimum absolute atomic E-state index is 0.120. The lowest BCUT2D eigenvalue weighted by Gasteiger charge is -2.29. The van der Waals surface area contributed by atoms with E-state index in [1.165, 1.54) is 23.0 Å². The monoisotopic (exact) mass is 388 g/mol. The number of aliphatic carboxylic acids is 1. The van der Waals surface area contributed by atoms with Crippen molar-refractivity contribution in [3.8, 4) is 0 Å². The number of hydrogen-bond acceptors (Lipinski definition) is 3. The molecular weight excluding hydrogens is 356 g/mol. The van der Waals surface area contributed by atoms with Gasteiger partial charge in [0, 0.05) is 32.5 Å². The molecule has 2 rings (SSSR count). The summed E-state index contributed by atoms with van der Waals surface area (Å²) >= 11 is 0. The van der Waals surface area contributed by atoms with E-state index in [-0.39, 0.29) is 30.3 Å². The number of benzene rings is 1. The maximum absolute atomic E-state index is 12.8. The van der Waals surface area contributed by atoms with Crippen molar-refractivity contribution in [3.05, 3.63) is 35.4 Å². The number of rotatable bonds is 7. The van der Waals surface area contributed by atoms with Crippen LogP contribution < -0.4 is 0 Å². The molecule has 1 N–H and O–H groups in total. The average Bonchev–Trinajstić information content (AvgIpc) is 2.92. The lowest BCUT2D eigenvalue weighted by molar-refractivity contribution is -0.145. The molecule has 1 aliphatic rings. The van der Waals surface area contributed by atoms with Gasteiger partial charge in [0.15, 0.2) is 0 Å². The van der Waals surface area contributed by atoms with Gasteiger partial charge in [-0.1, -0.05) is 38.1 Å². The van der Waals surface area contributed by atoms with Gasteiger partial charge in [0.2, 0.25) is 11.8 Å². The molecule has 1 aromatic rings. The molecular formula is C22H32N2O4. The number of hydrogen-bond donors (Lipinski definition) is 1. The second-order valence-electron chi connectivity index (χ2n) is 7.71. The summed E-state index contributed by atoms with van der Waals surface area (Å²) in [4.78, 5) is 39.0. The highest BCUT2D eigenvalue weighted by Crippen LogP contribution is 2.23. The van der Waals surface area contributed by atoms with E-state index in [4.69, 9.17) is 5.11 Å². The minimum atomic E-state index is -1.00. The Labute approximate surface area is 167 Å². The van der Waals surface area contributed by atoms with Crippen LogP contribution in [0.2, 0.25) is 0 Å². The second-order valence-corrected chi connectivity index (χ2v) is 7.71. The Hall–Kier alpha value is -2.37. The van der Waals surface area contributed by atoms with E-state index >= 15 is 0 Å². The summed E-state index contributed by atoms with van der Waals surface area (Å²) in [6.07, 6.45) is 3.59. The molecule has 0 bridgehead atoms. The Morgan fingerprint density at radius 3 is 2.43 bits per heavy atom. The highest BCUT2D eigenvalue weighted by Gasteiger charge is 2.28. The van der Waals surface area contributed by atoms with E-state index in [2.05, 4.69) is 38.1 Å². The molecule has 1 fully saturated rings. The quantitative estimate of drug-likeness (QED) is 0.779. The van der Waals surface area contributed by atoms with E-state index in [1.54, 1.807) is 0 Å². The molecule has 0 radical (unpaired) electrons. The number of nitrogens with zero attached hydrogens (tertiary/aromatic N) is 2. The third-order valence-corrected chi connectivity index (χ3v) is 5.64. The fourth-order valence-electron chi connectivity index (χ4n) is 3.87. The van der Waals surface area contributed by atoms with Gasteiger partial charge in [-0.2, -0.15) is 0 Å². The van der Waals surface area contributed by atoms with Gasteiger partial charge in [-0.05, 0) is 42.7 Å². The number of carboxylic acid groups (broad SMARTS) is 1. The summed E-state index contributed by atoms with van der Waals surface area (Å²) in [6.45, 7) is 6.55. The van der Waals surface area contributed by atoms with Crippen LogP contribution in [0, 0.1) is 0 Å². The van der Waals surface area contributed by atoms with Crippen LogP contribution in [0.25, 0.3) is 0 Å². The van der Waals surface area contributed by atoms with Crippen LogP contribution in [0.15, 0.2) is 24.3 Å². The third-order valence-electron chi connectivity index (χ3n) is 5.64. The van der Waals surface area contributed by atoms with Crippen LogP contribution in [0.5, 0.6) is 0 Å². The Kier molecular flexibility index (Phi) is 8.03. The second kappa shape index (κ2) is 10.2. The highest BCUT2D eigenvalue weighted by atomic mass is 16.4. The summed E-state index contributed by atoms with van der Waals surface area (Å²) in [5, 5.41) is 9.06. The van der Waals surface area contributed by atoms with Gasteiger partial charge < -0.3 is 14.9 Å². The summed E-state index contributed by atoms with van der Waals surface area (Å²) in [6, 6.07) is 8.32. The molecule has 28 heavy (non-hydrogen) atoms. The lowest BCUT2D eigenvalue weighted by atomic mass is 9.95. The first-order valence-corrected chi connectivity index (χ1v) is 10.2. The summed E-state index contributed by atoms with van der Waals surface area (Å²) in [7, 11) is 0. The van der Waals surface area contributed by atoms with Gasteiger partial charge in [-0.25, -0.2) is 0 Å². The smallest absolute Gasteiger partial charge is 0.323 e. The van der Waals surface area contributed by atoms with Crippen LogP contribution in [0.4, 0.5) is 0 Å². The van der Waals surface area contributed by atoms with Crippen LogP contribution in [0.1, 0.15) is 63.5 Å². The van der Waals surface area contributed by atoms with E-state index in [9.17, 15) is 14.4 Å². The van der Waals surface area contributed by atoms with E-state index < -0.39 is 5.97 Å². The zero-order valence-corrected chi connectivity index (χ0v) is 17.2. The summed E-state index contributed by atoms with van der Waals surface area (Å²) in [5.74, 6) is -0.954. The fourth-order valence-corrected chi connectivity index (χ4v) is 3.87. The average molecular weight is 389 g/mol. The Balaban J connectivity index is 1.93.